The van der Waals surface area contributed by atoms with Crippen LogP contribution < -0.4 is 10.6 Å². The van der Waals surface area contributed by atoms with Gasteiger partial charge in [0.2, 0.25) is 0 Å². The molecule has 0 radical (unpaired) electrons. The van der Waals surface area contributed by atoms with Gasteiger partial charge in [0.25, 0.3) is 0 Å². The monoisotopic (exact) mass is 264 g/mol. The molecule has 96 valence electrons. The van der Waals surface area contributed by atoms with E-state index in [0.717, 1.165) is 0 Å². The summed E-state index contributed by atoms with van der Waals surface area (Å²) in [5.41, 5.74) is 1.21. The molecule has 1 fully saturated rings. The molecule has 1 heterocycles. The van der Waals surface area contributed by atoms with Crippen LogP contribution in [0.2, 0.25) is 0 Å². The largest absolute Gasteiger partial charge is 0.465 e. The normalized spacial score (nSPS) is 27.4. The summed E-state index contributed by atoms with van der Waals surface area (Å²) >= 11 is 5.19. The lowest BCUT2D eigenvalue weighted by molar-refractivity contribution is 0.190. The van der Waals surface area contributed by atoms with Gasteiger partial charge in [-0.3, -0.25) is 0 Å². The van der Waals surface area contributed by atoms with Crippen LogP contribution in [0, 0.1) is 0 Å². The Morgan fingerprint density at radius 1 is 1.44 bits per heavy atom. The summed E-state index contributed by atoms with van der Waals surface area (Å²) in [6.45, 7) is 2.07. The first-order valence-electron chi connectivity index (χ1n) is 5.92. The lowest BCUT2D eigenvalue weighted by Crippen LogP contribution is -2.54. The van der Waals surface area contributed by atoms with E-state index >= 15 is 0 Å². The van der Waals surface area contributed by atoms with Crippen LogP contribution >= 0.6 is 12.2 Å². The summed E-state index contributed by atoms with van der Waals surface area (Å²) in [5, 5.41) is 14.5. The molecular weight excluding hydrogens is 248 g/mol. The molecule has 1 aromatic carbocycles. The van der Waals surface area contributed by atoms with Gasteiger partial charge in [-0.1, -0.05) is 42.5 Å². The average molecular weight is 264 g/mol. The van der Waals surface area contributed by atoms with E-state index in [2.05, 4.69) is 29.7 Å². The first-order valence-corrected chi connectivity index (χ1v) is 6.33. The predicted molar refractivity (Wildman–Crippen MR) is 73.9 cm³/mol. The van der Waals surface area contributed by atoms with Gasteiger partial charge in [0.15, 0.2) is 0 Å². The number of benzene rings is 1. The number of nitrogens with one attached hydrogen (secondary N) is 2. The first kappa shape index (κ1) is 12.8. The van der Waals surface area contributed by atoms with Crippen molar-refractivity contribution in [2.45, 2.75) is 31.3 Å². The van der Waals surface area contributed by atoms with Crippen molar-refractivity contribution in [3.8, 4) is 0 Å². The van der Waals surface area contributed by atoms with Gasteiger partial charge >= 0.3 is 6.09 Å². The van der Waals surface area contributed by atoms with Crippen LogP contribution in [0.1, 0.15) is 24.8 Å². The SMILES string of the molecule is C[C@H]1NC(=S)[C@@H](NC(=O)O)C[C@H]1c1ccccc1. The van der Waals surface area contributed by atoms with Crippen LogP contribution in [0.3, 0.4) is 0 Å². The maximum Gasteiger partial charge on any atom is 0.405 e. The van der Waals surface area contributed by atoms with Crippen molar-refractivity contribution in [3.63, 3.8) is 0 Å². The van der Waals surface area contributed by atoms with Crippen LogP contribution in [-0.2, 0) is 0 Å². The third kappa shape index (κ3) is 2.79. The third-order valence-corrected chi connectivity index (χ3v) is 3.71. The highest BCUT2D eigenvalue weighted by molar-refractivity contribution is 7.80. The fourth-order valence-corrected chi connectivity index (χ4v) is 2.73. The van der Waals surface area contributed by atoms with Gasteiger partial charge in [-0.25, -0.2) is 4.79 Å². The third-order valence-electron chi connectivity index (χ3n) is 3.31. The molecule has 3 N–H and O–H groups in total. The van der Waals surface area contributed by atoms with Crippen molar-refractivity contribution in [2.24, 2.45) is 0 Å². The number of piperidine rings is 1. The molecule has 18 heavy (non-hydrogen) atoms. The molecule has 5 heteroatoms. The molecule has 0 aliphatic carbocycles. The minimum atomic E-state index is -1.04. The molecule has 1 saturated heterocycles. The van der Waals surface area contributed by atoms with Crippen molar-refractivity contribution < 1.29 is 9.90 Å². The van der Waals surface area contributed by atoms with Gasteiger partial charge in [-0.2, -0.15) is 0 Å². The van der Waals surface area contributed by atoms with E-state index in [1.165, 1.54) is 5.56 Å². The lowest BCUT2D eigenvalue weighted by Gasteiger charge is -2.36. The number of carboxylic acid groups (broad SMARTS) is 1. The molecule has 0 bridgehead atoms. The molecule has 1 aliphatic heterocycles. The van der Waals surface area contributed by atoms with Gasteiger partial charge < -0.3 is 15.7 Å². The number of carbonyl (C=O) groups is 1. The Labute approximate surface area is 111 Å². The Morgan fingerprint density at radius 2 is 2.11 bits per heavy atom. The minimum Gasteiger partial charge on any atom is -0.465 e. The van der Waals surface area contributed by atoms with Crippen LogP contribution in [0.25, 0.3) is 0 Å². The Kier molecular flexibility index (Phi) is 3.81. The standard InChI is InChI=1S/C13H16N2O2S/c1-8-10(9-5-3-2-4-6-9)7-11(12(18)14-8)15-13(16)17/h2-6,8,10-11,15H,7H2,1H3,(H,14,18)(H,16,17)/t8-,10-,11+/m1/s1. The van der Waals surface area contributed by atoms with E-state index in [-0.39, 0.29) is 18.0 Å². The van der Waals surface area contributed by atoms with E-state index in [1.807, 2.05) is 18.2 Å². The zero-order valence-corrected chi connectivity index (χ0v) is 10.9. The van der Waals surface area contributed by atoms with Gasteiger partial charge in [-0.05, 0) is 18.9 Å². The number of hydrogen-bond acceptors (Lipinski definition) is 2. The molecule has 0 unspecified atom stereocenters. The quantitative estimate of drug-likeness (QED) is 0.716. The smallest absolute Gasteiger partial charge is 0.405 e. The maximum absolute atomic E-state index is 10.7. The highest BCUT2D eigenvalue weighted by Crippen LogP contribution is 2.28. The van der Waals surface area contributed by atoms with Gasteiger partial charge in [-0.15, -0.1) is 0 Å². The molecule has 3 atom stereocenters. The fraction of sp³-hybridized carbons (Fsp3) is 0.385. The lowest BCUT2D eigenvalue weighted by atomic mass is 9.83. The van der Waals surface area contributed by atoms with Crippen LogP contribution in [-0.4, -0.2) is 28.3 Å². The molecule has 0 spiro atoms. The van der Waals surface area contributed by atoms with E-state index < -0.39 is 6.09 Å². The van der Waals surface area contributed by atoms with E-state index in [1.54, 1.807) is 0 Å². The minimum absolute atomic E-state index is 0.215. The summed E-state index contributed by atoms with van der Waals surface area (Å²) in [6.07, 6.45) is -0.339. The van der Waals surface area contributed by atoms with Crippen LogP contribution in [0.5, 0.6) is 0 Å². The summed E-state index contributed by atoms with van der Waals surface area (Å²) in [7, 11) is 0. The van der Waals surface area contributed by atoms with Crippen molar-refractivity contribution in [3.05, 3.63) is 35.9 Å². The fourth-order valence-electron chi connectivity index (χ4n) is 2.39. The molecule has 2 rings (SSSR count). The molecule has 0 saturated carbocycles. The van der Waals surface area contributed by atoms with Crippen molar-refractivity contribution in [1.29, 1.82) is 0 Å². The average Bonchev–Trinajstić information content (AvgIpc) is 2.33. The molecule has 0 aromatic heterocycles. The van der Waals surface area contributed by atoms with Gasteiger partial charge in [0.05, 0.1) is 11.0 Å². The highest BCUT2D eigenvalue weighted by atomic mass is 32.1. The number of amides is 1. The Hall–Kier alpha value is -1.62. The summed E-state index contributed by atoms with van der Waals surface area (Å²) in [6, 6.07) is 10.0. The summed E-state index contributed by atoms with van der Waals surface area (Å²) in [5.74, 6) is 0.259. The van der Waals surface area contributed by atoms with Gasteiger partial charge in [0.1, 0.15) is 0 Å². The summed E-state index contributed by atoms with van der Waals surface area (Å²) < 4.78 is 0. The van der Waals surface area contributed by atoms with Crippen molar-refractivity contribution >= 4 is 23.3 Å². The number of hydrogen-bond donors (Lipinski definition) is 3. The number of rotatable bonds is 2. The van der Waals surface area contributed by atoms with Crippen molar-refractivity contribution in [2.75, 3.05) is 0 Å². The zero-order valence-electron chi connectivity index (χ0n) is 10.1. The second-order valence-corrected chi connectivity index (χ2v) is 4.99. The number of thiocarbonyl (C=S) groups is 1. The molecular formula is C13H16N2O2S. The second-order valence-electron chi connectivity index (χ2n) is 4.55. The van der Waals surface area contributed by atoms with Crippen LogP contribution in [0.4, 0.5) is 4.79 Å². The second kappa shape index (κ2) is 5.35. The Morgan fingerprint density at radius 3 is 2.72 bits per heavy atom. The van der Waals surface area contributed by atoms with E-state index in [9.17, 15) is 4.79 Å². The topological polar surface area (TPSA) is 61.4 Å². The Balaban J connectivity index is 2.16. The van der Waals surface area contributed by atoms with E-state index in [0.29, 0.717) is 11.4 Å². The highest BCUT2D eigenvalue weighted by Gasteiger charge is 2.32. The zero-order chi connectivity index (χ0) is 13.1. The molecule has 1 aromatic rings. The van der Waals surface area contributed by atoms with E-state index in [4.69, 9.17) is 17.3 Å². The molecule has 1 amide bonds. The van der Waals surface area contributed by atoms with Crippen molar-refractivity contribution in [1.82, 2.24) is 10.6 Å². The predicted octanol–water partition coefficient (Wildman–Crippen LogP) is 2.12. The summed E-state index contributed by atoms with van der Waals surface area (Å²) in [4.78, 5) is 11.3. The maximum atomic E-state index is 10.7. The molecule has 4 nitrogen and oxygen atoms in total. The molecule has 1 aliphatic rings. The van der Waals surface area contributed by atoms with Gasteiger partial charge in [0, 0.05) is 12.0 Å². The first-order chi connectivity index (χ1) is 8.58. The Bertz CT molecular complexity index is 450. The van der Waals surface area contributed by atoms with Crippen LogP contribution in [0.15, 0.2) is 30.3 Å².